The van der Waals surface area contributed by atoms with Crippen molar-refractivity contribution < 1.29 is 17.4 Å². The summed E-state index contributed by atoms with van der Waals surface area (Å²) in [6.07, 6.45) is 3.02. The van der Waals surface area contributed by atoms with Gasteiger partial charge in [0.1, 0.15) is 5.75 Å². The molecule has 1 saturated heterocycles. The van der Waals surface area contributed by atoms with Crippen LogP contribution in [-0.4, -0.2) is 38.6 Å². The summed E-state index contributed by atoms with van der Waals surface area (Å²) in [6, 6.07) is 4.83. The summed E-state index contributed by atoms with van der Waals surface area (Å²) in [7, 11) is -3.58. The third-order valence-corrected chi connectivity index (χ3v) is 3.43. The van der Waals surface area contributed by atoms with Gasteiger partial charge in [-0.3, -0.25) is 4.79 Å². The molecule has 0 saturated carbocycles. The van der Waals surface area contributed by atoms with E-state index in [2.05, 4.69) is 0 Å². The Morgan fingerprint density at radius 3 is 2.42 bits per heavy atom. The Morgan fingerprint density at radius 2 is 1.84 bits per heavy atom. The highest BCUT2D eigenvalue weighted by atomic mass is 32.2. The molecule has 0 spiro atoms. The zero-order valence-electron chi connectivity index (χ0n) is 11.0. The van der Waals surface area contributed by atoms with Crippen molar-refractivity contribution in [3.63, 3.8) is 0 Å². The fourth-order valence-electron chi connectivity index (χ4n) is 2.20. The molecule has 2 rings (SSSR count). The van der Waals surface area contributed by atoms with Crippen LogP contribution in [0.25, 0.3) is 0 Å². The van der Waals surface area contributed by atoms with Crippen LogP contribution in [0.3, 0.4) is 0 Å². The lowest BCUT2D eigenvalue weighted by atomic mass is 10.1. The lowest BCUT2D eigenvalue weighted by Crippen LogP contribution is -2.27. The molecule has 1 amide bonds. The second kappa shape index (κ2) is 5.21. The number of carbonyl (C=O) groups is 1. The smallest absolute Gasteiger partial charge is 0.306 e. The summed E-state index contributed by atoms with van der Waals surface area (Å²) in [5.74, 6) is 0.115. The van der Waals surface area contributed by atoms with Crippen molar-refractivity contribution in [3.05, 3.63) is 29.3 Å². The van der Waals surface area contributed by atoms with Gasteiger partial charge in [0, 0.05) is 18.7 Å². The molecule has 1 aromatic carbocycles. The van der Waals surface area contributed by atoms with Crippen LogP contribution in [0.5, 0.6) is 5.75 Å². The Morgan fingerprint density at radius 1 is 1.21 bits per heavy atom. The molecule has 0 radical (unpaired) electrons. The number of nitrogens with zero attached hydrogens (tertiary/aromatic N) is 1. The molecule has 0 atom stereocenters. The zero-order valence-corrected chi connectivity index (χ0v) is 11.9. The molecular formula is C13H17NO4S. The molecule has 0 unspecified atom stereocenters. The minimum atomic E-state index is -3.58. The molecule has 5 nitrogen and oxygen atoms in total. The van der Waals surface area contributed by atoms with E-state index in [-0.39, 0.29) is 11.7 Å². The topological polar surface area (TPSA) is 63.7 Å². The molecule has 1 aromatic rings. The lowest BCUT2D eigenvalue weighted by Gasteiger charge is -2.16. The van der Waals surface area contributed by atoms with Crippen LogP contribution >= 0.6 is 0 Å². The Balaban J connectivity index is 2.28. The summed E-state index contributed by atoms with van der Waals surface area (Å²) >= 11 is 0. The van der Waals surface area contributed by atoms with Crippen molar-refractivity contribution in [1.29, 1.82) is 0 Å². The van der Waals surface area contributed by atoms with Crippen LogP contribution in [0.15, 0.2) is 18.2 Å². The number of hydrogen-bond acceptors (Lipinski definition) is 4. The van der Waals surface area contributed by atoms with Gasteiger partial charge in [0.2, 0.25) is 0 Å². The van der Waals surface area contributed by atoms with Crippen LogP contribution in [0.4, 0.5) is 0 Å². The molecule has 0 bridgehead atoms. The van der Waals surface area contributed by atoms with E-state index in [4.69, 9.17) is 4.18 Å². The number of carbonyl (C=O) groups excluding carboxylic acids is 1. The fourth-order valence-corrected chi connectivity index (χ4v) is 2.64. The Kier molecular flexibility index (Phi) is 3.80. The van der Waals surface area contributed by atoms with Crippen LogP contribution < -0.4 is 4.18 Å². The summed E-state index contributed by atoms with van der Waals surface area (Å²) in [4.78, 5) is 14.0. The normalized spacial score (nSPS) is 15.6. The molecule has 19 heavy (non-hydrogen) atoms. The van der Waals surface area contributed by atoms with Gasteiger partial charge in [0.15, 0.2) is 0 Å². The average Bonchev–Trinajstić information content (AvgIpc) is 2.77. The van der Waals surface area contributed by atoms with Crippen molar-refractivity contribution in [3.8, 4) is 5.75 Å². The molecule has 6 heteroatoms. The second-order valence-corrected chi connectivity index (χ2v) is 6.40. The Labute approximate surface area is 113 Å². The highest BCUT2D eigenvalue weighted by Gasteiger charge is 2.20. The SMILES string of the molecule is Cc1cc(OS(C)(=O)=O)cc(C(=O)N2CCCC2)c1. The fraction of sp³-hybridized carbons (Fsp3) is 0.462. The van der Waals surface area contributed by atoms with E-state index in [1.165, 1.54) is 6.07 Å². The number of benzene rings is 1. The van der Waals surface area contributed by atoms with E-state index in [1.54, 1.807) is 24.0 Å². The molecule has 1 heterocycles. The van der Waals surface area contributed by atoms with Crippen LogP contribution in [0, 0.1) is 6.92 Å². The molecule has 0 aromatic heterocycles. The quantitative estimate of drug-likeness (QED) is 0.790. The second-order valence-electron chi connectivity index (χ2n) is 4.82. The highest BCUT2D eigenvalue weighted by molar-refractivity contribution is 7.86. The van der Waals surface area contributed by atoms with Gasteiger partial charge in [-0.15, -0.1) is 0 Å². The first-order chi connectivity index (χ1) is 8.85. The predicted molar refractivity (Wildman–Crippen MR) is 71.8 cm³/mol. The third kappa shape index (κ3) is 3.70. The molecule has 104 valence electrons. The van der Waals surface area contributed by atoms with Crippen molar-refractivity contribution in [1.82, 2.24) is 4.90 Å². The summed E-state index contributed by atoms with van der Waals surface area (Å²) in [6.45, 7) is 3.32. The lowest BCUT2D eigenvalue weighted by molar-refractivity contribution is 0.0792. The molecule has 1 aliphatic heterocycles. The van der Waals surface area contributed by atoms with Crippen LogP contribution in [-0.2, 0) is 10.1 Å². The first-order valence-electron chi connectivity index (χ1n) is 6.15. The molecule has 0 aliphatic carbocycles. The number of rotatable bonds is 3. The van der Waals surface area contributed by atoms with Crippen molar-refractivity contribution >= 4 is 16.0 Å². The molecule has 0 N–H and O–H groups in total. The Hall–Kier alpha value is -1.56. The zero-order chi connectivity index (χ0) is 14.0. The van der Waals surface area contributed by atoms with Crippen LogP contribution in [0.2, 0.25) is 0 Å². The number of hydrogen-bond donors (Lipinski definition) is 0. The first-order valence-corrected chi connectivity index (χ1v) is 7.97. The van der Waals surface area contributed by atoms with Gasteiger partial charge < -0.3 is 9.08 Å². The number of likely N-dealkylation sites (tertiary alicyclic amines) is 1. The van der Waals surface area contributed by atoms with Gasteiger partial charge in [0.05, 0.1) is 6.26 Å². The van der Waals surface area contributed by atoms with E-state index in [1.807, 2.05) is 0 Å². The highest BCUT2D eigenvalue weighted by Crippen LogP contribution is 2.21. The maximum atomic E-state index is 12.2. The summed E-state index contributed by atoms with van der Waals surface area (Å²) in [5, 5.41) is 0. The maximum Gasteiger partial charge on any atom is 0.306 e. The minimum absolute atomic E-state index is 0.0699. The average molecular weight is 283 g/mol. The monoisotopic (exact) mass is 283 g/mol. The molecular weight excluding hydrogens is 266 g/mol. The van der Waals surface area contributed by atoms with Crippen molar-refractivity contribution in [2.75, 3.05) is 19.3 Å². The number of aryl methyl sites for hydroxylation is 1. The van der Waals surface area contributed by atoms with Crippen LogP contribution in [0.1, 0.15) is 28.8 Å². The third-order valence-electron chi connectivity index (χ3n) is 2.94. The maximum absolute atomic E-state index is 12.2. The Bertz CT molecular complexity index is 589. The van der Waals surface area contributed by atoms with E-state index < -0.39 is 10.1 Å². The predicted octanol–water partition coefficient (Wildman–Crippen LogP) is 1.57. The van der Waals surface area contributed by atoms with Crippen molar-refractivity contribution in [2.45, 2.75) is 19.8 Å². The van der Waals surface area contributed by atoms with Gasteiger partial charge in [-0.25, -0.2) is 0 Å². The van der Waals surface area contributed by atoms with Gasteiger partial charge in [-0.1, -0.05) is 0 Å². The first kappa shape index (κ1) is 13.9. The van der Waals surface area contributed by atoms with Crippen molar-refractivity contribution in [2.24, 2.45) is 0 Å². The van der Waals surface area contributed by atoms with E-state index >= 15 is 0 Å². The number of amides is 1. The largest absolute Gasteiger partial charge is 0.383 e. The molecule has 1 aliphatic rings. The van der Waals surface area contributed by atoms with Gasteiger partial charge in [-0.2, -0.15) is 8.42 Å². The van der Waals surface area contributed by atoms with Gasteiger partial charge in [-0.05, 0) is 43.5 Å². The standard InChI is InChI=1S/C13H17NO4S/c1-10-7-11(13(15)14-5-3-4-6-14)9-12(8-10)18-19(2,16)17/h7-9H,3-6H2,1-2H3. The summed E-state index contributed by atoms with van der Waals surface area (Å²) in [5.41, 5.74) is 1.27. The van der Waals surface area contributed by atoms with E-state index in [0.717, 1.165) is 37.8 Å². The molecule has 1 fully saturated rings. The van der Waals surface area contributed by atoms with Gasteiger partial charge in [0.25, 0.3) is 5.91 Å². The van der Waals surface area contributed by atoms with E-state index in [0.29, 0.717) is 5.56 Å². The minimum Gasteiger partial charge on any atom is -0.383 e. The van der Waals surface area contributed by atoms with Gasteiger partial charge >= 0.3 is 10.1 Å². The van der Waals surface area contributed by atoms with E-state index in [9.17, 15) is 13.2 Å². The summed E-state index contributed by atoms with van der Waals surface area (Å²) < 4.78 is 27.1.